The maximum absolute atomic E-state index is 12.5. The Morgan fingerprint density at radius 2 is 1.83 bits per heavy atom. The van der Waals surface area contributed by atoms with Gasteiger partial charge in [0.05, 0.1) is 17.0 Å². The van der Waals surface area contributed by atoms with Crippen LogP contribution in [0.2, 0.25) is 0 Å². The number of thiophene rings is 1. The Morgan fingerprint density at radius 1 is 1.03 bits per heavy atom. The third-order valence-corrected chi connectivity index (χ3v) is 5.41. The highest BCUT2D eigenvalue weighted by atomic mass is 32.1. The second-order valence-electron chi connectivity index (χ2n) is 6.61. The van der Waals surface area contributed by atoms with E-state index in [1.165, 1.54) is 16.0 Å². The Hall–Kier alpha value is -3.39. The van der Waals surface area contributed by atoms with Crippen molar-refractivity contribution in [3.05, 3.63) is 64.7 Å². The summed E-state index contributed by atoms with van der Waals surface area (Å²) in [4.78, 5) is 36.7. The second-order valence-corrected chi connectivity index (χ2v) is 7.56. The number of aromatic nitrogens is 1. The topological polar surface area (TPSA) is 100 Å². The minimum atomic E-state index is -0.936. The monoisotopic (exact) mass is 411 g/mol. The van der Waals surface area contributed by atoms with Crippen LogP contribution in [-0.2, 0) is 20.8 Å². The number of nitrogens with one attached hydrogen (secondary N) is 2. The van der Waals surface area contributed by atoms with Crippen molar-refractivity contribution in [2.24, 2.45) is 0 Å². The molecule has 0 fully saturated rings. The van der Waals surface area contributed by atoms with Gasteiger partial charge in [-0.15, -0.1) is 11.3 Å². The fourth-order valence-corrected chi connectivity index (χ4v) is 3.56. The summed E-state index contributed by atoms with van der Waals surface area (Å²) in [5, 5.41) is 13.5. The maximum Gasteiger partial charge on any atom is 0.328 e. The molecule has 0 saturated heterocycles. The quantitative estimate of drug-likeness (QED) is 0.540. The molecule has 8 heteroatoms. The molecule has 0 radical (unpaired) electrons. The number of carbonyl (C=O) groups excluding carboxylic acids is 2. The fraction of sp³-hybridized carbons (Fsp3) is 0.190. The normalized spacial score (nSPS) is 10.6. The van der Waals surface area contributed by atoms with E-state index in [0.717, 1.165) is 16.0 Å². The van der Waals surface area contributed by atoms with E-state index < -0.39 is 17.8 Å². The van der Waals surface area contributed by atoms with Gasteiger partial charge >= 0.3 is 17.8 Å². The molecule has 150 valence electrons. The average molecular weight is 411 g/mol. The van der Waals surface area contributed by atoms with Crippen molar-refractivity contribution < 1.29 is 19.5 Å². The van der Waals surface area contributed by atoms with Crippen LogP contribution in [0.15, 0.2) is 47.8 Å². The van der Waals surface area contributed by atoms with Crippen LogP contribution < -0.4 is 10.7 Å². The molecule has 0 unspecified atom stereocenters. The number of aryl methyl sites for hydroxylation is 3. The highest BCUT2D eigenvalue weighted by molar-refractivity contribution is 7.13. The molecule has 0 aliphatic carbocycles. The number of carboxylic acids is 1. The van der Waals surface area contributed by atoms with E-state index in [9.17, 15) is 14.4 Å². The summed E-state index contributed by atoms with van der Waals surface area (Å²) >= 11 is 1.48. The zero-order valence-electron chi connectivity index (χ0n) is 16.1. The van der Waals surface area contributed by atoms with Crippen LogP contribution in [0.5, 0.6) is 0 Å². The molecule has 3 rings (SSSR count). The highest BCUT2D eigenvalue weighted by Crippen LogP contribution is 2.26. The summed E-state index contributed by atoms with van der Waals surface area (Å²) in [5.74, 6) is -2.58. The van der Waals surface area contributed by atoms with Crippen molar-refractivity contribution in [2.45, 2.75) is 26.7 Å². The van der Waals surface area contributed by atoms with E-state index >= 15 is 0 Å². The molecule has 0 atom stereocenters. The molecule has 0 aliphatic rings. The number of benzene rings is 1. The lowest BCUT2D eigenvalue weighted by atomic mass is 10.1. The zero-order valence-corrected chi connectivity index (χ0v) is 16.9. The van der Waals surface area contributed by atoms with Gasteiger partial charge in [-0.1, -0.05) is 12.1 Å². The first-order chi connectivity index (χ1) is 13.8. The number of aliphatic carboxylic acids is 1. The summed E-state index contributed by atoms with van der Waals surface area (Å²) in [5.41, 5.74) is 6.51. The maximum atomic E-state index is 12.5. The third-order valence-electron chi connectivity index (χ3n) is 4.51. The number of hydrogen-bond acceptors (Lipinski definition) is 4. The Kier molecular flexibility index (Phi) is 6.13. The van der Waals surface area contributed by atoms with Crippen molar-refractivity contribution in [1.82, 2.24) is 4.68 Å². The molecule has 2 amide bonds. The smallest absolute Gasteiger partial charge is 0.328 e. The number of hydrogen-bond donors (Lipinski definition) is 3. The van der Waals surface area contributed by atoms with Gasteiger partial charge in [0.15, 0.2) is 0 Å². The van der Waals surface area contributed by atoms with Crippen molar-refractivity contribution in [1.29, 1.82) is 0 Å². The van der Waals surface area contributed by atoms with Crippen molar-refractivity contribution in [3.8, 4) is 10.6 Å². The molecule has 0 saturated carbocycles. The number of nitrogens with zero attached hydrogens (tertiary/aromatic N) is 1. The molecule has 0 bridgehead atoms. The van der Waals surface area contributed by atoms with Crippen molar-refractivity contribution in [3.63, 3.8) is 0 Å². The lowest BCUT2D eigenvalue weighted by Gasteiger charge is -2.14. The van der Waals surface area contributed by atoms with Crippen molar-refractivity contribution >= 4 is 34.8 Å². The molecule has 1 aromatic carbocycles. The van der Waals surface area contributed by atoms with Crippen LogP contribution in [0.4, 0.5) is 5.69 Å². The number of carboxylic acid groups (broad SMARTS) is 1. The van der Waals surface area contributed by atoms with Crippen LogP contribution in [0, 0.1) is 13.8 Å². The molecule has 2 aromatic heterocycles. The zero-order chi connectivity index (χ0) is 21.0. The minimum absolute atomic E-state index is 0.0847. The van der Waals surface area contributed by atoms with Crippen LogP contribution in [0.25, 0.3) is 10.6 Å². The van der Waals surface area contributed by atoms with E-state index in [-0.39, 0.29) is 12.8 Å². The largest absolute Gasteiger partial charge is 0.481 e. The summed E-state index contributed by atoms with van der Waals surface area (Å²) in [6, 6.07) is 12.7. The van der Waals surface area contributed by atoms with Gasteiger partial charge in [-0.2, -0.15) is 0 Å². The van der Waals surface area contributed by atoms with Crippen LogP contribution >= 0.6 is 11.3 Å². The molecule has 2 heterocycles. The molecule has 3 aromatic rings. The fourth-order valence-electron chi connectivity index (χ4n) is 2.82. The molecule has 29 heavy (non-hydrogen) atoms. The number of rotatable bonds is 6. The van der Waals surface area contributed by atoms with E-state index in [1.54, 1.807) is 24.3 Å². The molecular weight excluding hydrogens is 390 g/mol. The molecular formula is C21H21N3O4S. The summed E-state index contributed by atoms with van der Waals surface area (Å²) in [7, 11) is 0. The Balaban J connectivity index is 1.80. The van der Waals surface area contributed by atoms with Gasteiger partial charge in [0, 0.05) is 17.8 Å². The van der Waals surface area contributed by atoms with Crippen molar-refractivity contribution in [2.75, 3.05) is 10.7 Å². The van der Waals surface area contributed by atoms with Gasteiger partial charge in [0.1, 0.15) is 0 Å². The standard InChI is InChI=1S/C21H21N3O4S/c1-13-5-6-15(12-14(13)2)22-20(27)21(28)23-24-16(8-10-19(25)26)7-9-17(24)18-4-3-11-29-18/h3-7,9,11-12H,8,10H2,1-2H3,(H,22,27)(H,23,28)(H,25,26). The third kappa shape index (κ3) is 4.91. The van der Waals surface area contributed by atoms with E-state index in [4.69, 9.17) is 5.11 Å². The lowest BCUT2D eigenvalue weighted by molar-refractivity contribution is -0.137. The predicted octanol–water partition coefficient (Wildman–Crippen LogP) is 3.56. The first-order valence-corrected chi connectivity index (χ1v) is 9.89. The van der Waals surface area contributed by atoms with Gasteiger partial charge in [0.2, 0.25) is 0 Å². The van der Waals surface area contributed by atoms with Gasteiger partial charge in [-0.25, -0.2) is 0 Å². The summed E-state index contributed by atoms with van der Waals surface area (Å²) < 4.78 is 1.48. The van der Waals surface area contributed by atoms with Gasteiger partial charge in [-0.3, -0.25) is 24.5 Å². The van der Waals surface area contributed by atoms with Gasteiger partial charge in [0.25, 0.3) is 0 Å². The predicted molar refractivity (Wildman–Crippen MR) is 113 cm³/mol. The number of anilines is 1. The lowest BCUT2D eigenvalue weighted by Crippen LogP contribution is -2.35. The van der Waals surface area contributed by atoms with Gasteiger partial charge < -0.3 is 10.4 Å². The SMILES string of the molecule is Cc1ccc(NC(=O)C(=O)Nn2c(CCC(=O)O)ccc2-c2cccs2)cc1C. The molecule has 3 N–H and O–H groups in total. The van der Waals surface area contributed by atoms with E-state index in [2.05, 4.69) is 10.7 Å². The van der Waals surface area contributed by atoms with Crippen LogP contribution in [-0.4, -0.2) is 27.6 Å². The average Bonchev–Trinajstić information content (AvgIpc) is 3.32. The minimum Gasteiger partial charge on any atom is -0.481 e. The van der Waals surface area contributed by atoms with E-state index in [1.807, 2.05) is 37.4 Å². The number of amides is 2. The Morgan fingerprint density at radius 3 is 2.48 bits per heavy atom. The summed E-state index contributed by atoms with van der Waals surface area (Å²) in [6.07, 6.45) is 0.137. The highest BCUT2D eigenvalue weighted by Gasteiger charge is 2.19. The van der Waals surface area contributed by atoms with Crippen LogP contribution in [0.1, 0.15) is 23.2 Å². The first-order valence-electron chi connectivity index (χ1n) is 9.01. The summed E-state index contributed by atoms with van der Waals surface area (Å²) in [6.45, 7) is 3.89. The van der Waals surface area contributed by atoms with Crippen LogP contribution in [0.3, 0.4) is 0 Å². The molecule has 7 nitrogen and oxygen atoms in total. The molecule has 0 aliphatic heterocycles. The Labute approximate surface area is 172 Å². The van der Waals surface area contributed by atoms with Gasteiger partial charge in [-0.05, 0) is 60.7 Å². The van der Waals surface area contributed by atoms with E-state index in [0.29, 0.717) is 17.1 Å². The first kappa shape index (κ1) is 20.3. The Bertz CT molecular complexity index is 1050. The number of carbonyl (C=O) groups is 3. The molecule has 0 spiro atoms. The second kappa shape index (κ2) is 8.74.